The molecule has 6 heteroatoms. The zero-order valence-corrected chi connectivity index (χ0v) is 12.5. The highest BCUT2D eigenvalue weighted by Crippen LogP contribution is 2.35. The van der Waals surface area contributed by atoms with Gasteiger partial charge in [-0.05, 0) is 32.9 Å². The summed E-state index contributed by atoms with van der Waals surface area (Å²) in [6.45, 7) is 6.28. The van der Waals surface area contributed by atoms with Crippen molar-refractivity contribution in [3.05, 3.63) is 36.5 Å². The Balaban J connectivity index is 1.85. The highest BCUT2D eigenvalue weighted by Gasteiger charge is 2.18. The summed E-state index contributed by atoms with van der Waals surface area (Å²) in [5.74, 6) is 0.717. The number of para-hydroxylation sites is 2. The Kier molecular flexibility index (Phi) is 3.48. The van der Waals surface area contributed by atoms with E-state index in [1.165, 1.54) is 0 Å². The van der Waals surface area contributed by atoms with Crippen LogP contribution in [-0.4, -0.2) is 19.7 Å². The van der Waals surface area contributed by atoms with Gasteiger partial charge in [0.25, 0.3) is 0 Å². The van der Waals surface area contributed by atoms with E-state index in [2.05, 4.69) is 36.0 Å². The van der Waals surface area contributed by atoms with Gasteiger partial charge in [-0.15, -0.1) is 10.2 Å². The van der Waals surface area contributed by atoms with Crippen LogP contribution in [0.15, 0.2) is 40.2 Å². The number of oxazole rings is 1. The fourth-order valence-electron chi connectivity index (χ4n) is 1.94. The summed E-state index contributed by atoms with van der Waals surface area (Å²) >= 11 is 1.61. The van der Waals surface area contributed by atoms with Gasteiger partial charge >= 0.3 is 0 Å². The maximum absolute atomic E-state index is 5.79. The lowest BCUT2D eigenvalue weighted by molar-refractivity contribution is 0.528. The van der Waals surface area contributed by atoms with Crippen LogP contribution in [0.5, 0.6) is 0 Å². The van der Waals surface area contributed by atoms with Gasteiger partial charge in [0.05, 0.1) is 5.25 Å². The molecule has 3 rings (SSSR count). The van der Waals surface area contributed by atoms with E-state index >= 15 is 0 Å². The number of aromatic nitrogens is 4. The van der Waals surface area contributed by atoms with E-state index in [-0.39, 0.29) is 5.25 Å². The summed E-state index contributed by atoms with van der Waals surface area (Å²) in [5, 5.41) is 9.11. The second-order valence-corrected chi connectivity index (χ2v) is 6.20. The van der Waals surface area contributed by atoms with Crippen LogP contribution in [0.1, 0.15) is 38.0 Å². The molecule has 0 aliphatic rings. The molecule has 3 aromatic rings. The minimum absolute atomic E-state index is 0.0871. The Labute approximate surface area is 121 Å². The van der Waals surface area contributed by atoms with Crippen LogP contribution in [0.3, 0.4) is 0 Å². The summed E-state index contributed by atoms with van der Waals surface area (Å²) in [6.07, 6.45) is 1.76. The van der Waals surface area contributed by atoms with Crippen molar-refractivity contribution in [1.82, 2.24) is 19.7 Å². The lowest BCUT2D eigenvalue weighted by atomic mass is 10.3. The Morgan fingerprint density at radius 2 is 2.00 bits per heavy atom. The fraction of sp³-hybridized carbons (Fsp3) is 0.357. The molecule has 0 aliphatic heterocycles. The molecule has 1 atom stereocenters. The fourth-order valence-corrected chi connectivity index (χ4v) is 2.93. The van der Waals surface area contributed by atoms with Gasteiger partial charge in [-0.3, -0.25) is 0 Å². The van der Waals surface area contributed by atoms with Crippen LogP contribution in [0.2, 0.25) is 0 Å². The van der Waals surface area contributed by atoms with Crippen molar-refractivity contribution in [2.75, 3.05) is 0 Å². The number of thioether (sulfide) groups is 1. The van der Waals surface area contributed by atoms with Crippen LogP contribution in [0.4, 0.5) is 0 Å². The molecule has 0 saturated carbocycles. The molecule has 1 aromatic carbocycles. The Morgan fingerprint density at radius 3 is 2.75 bits per heavy atom. The topological polar surface area (TPSA) is 56.7 Å². The van der Waals surface area contributed by atoms with Crippen LogP contribution >= 0.6 is 11.8 Å². The van der Waals surface area contributed by atoms with E-state index in [9.17, 15) is 0 Å². The summed E-state index contributed by atoms with van der Waals surface area (Å²) < 4.78 is 7.84. The highest BCUT2D eigenvalue weighted by molar-refractivity contribution is 7.99. The first-order chi connectivity index (χ1) is 9.65. The maximum atomic E-state index is 5.79. The molecule has 0 radical (unpaired) electrons. The average Bonchev–Trinajstić information content (AvgIpc) is 3.03. The van der Waals surface area contributed by atoms with Crippen LogP contribution < -0.4 is 0 Å². The first-order valence-electron chi connectivity index (χ1n) is 6.57. The minimum atomic E-state index is 0.0871. The molecule has 2 heterocycles. The van der Waals surface area contributed by atoms with Gasteiger partial charge in [0, 0.05) is 6.04 Å². The van der Waals surface area contributed by atoms with Gasteiger partial charge in [-0.2, -0.15) is 0 Å². The SMILES string of the molecule is CC(Sc1nncn1C(C)C)c1nc2ccccc2o1. The monoisotopic (exact) mass is 288 g/mol. The van der Waals surface area contributed by atoms with Crippen LogP contribution in [0, 0.1) is 0 Å². The quantitative estimate of drug-likeness (QED) is 0.682. The summed E-state index contributed by atoms with van der Waals surface area (Å²) in [4.78, 5) is 4.52. The third kappa shape index (κ3) is 2.43. The van der Waals surface area contributed by atoms with Crippen molar-refractivity contribution in [3.8, 4) is 0 Å². The van der Waals surface area contributed by atoms with Gasteiger partial charge in [0.1, 0.15) is 11.8 Å². The van der Waals surface area contributed by atoms with Crippen molar-refractivity contribution < 1.29 is 4.42 Å². The molecule has 0 amide bonds. The Morgan fingerprint density at radius 1 is 1.20 bits per heavy atom. The normalized spacial score (nSPS) is 13.2. The lowest BCUT2D eigenvalue weighted by Gasteiger charge is -2.11. The molecule has 0 bridgehead atoms. The summed E-state index contributed by atoms with van der Waals surface area (Å²) in [6, 6.07) is 8.13. The number of hydrogen-bond acceptors (Lipinski definition) is 5. The largest absolute Gasteiger partial charge is 0.439 e. The molecule has 1 unspecified atom stereocenters. The Hall–Kier alpha value is -1.82. The number of fused-ring (bicyclic) bond motifs is 1. The van der Waals surface area contributed by atoms with Gasteiger partial charge < -0.3 is 8.98 Å². The Bertz CT molecular complexity index is 686. The van der Waals surface area contributed by atoms with Crippen molar-refractivity contribution >= 4 is 22.9 Å². The van der Waals surface area contributed by atoms with Gasteiger partial charge in [0.15, 0.2) is 10.7 Å². The van der Waals surface area contributed by atoms with E-state index in [1.54, 1.807) is 18.1 Å². The number of benzene rings is 1. The van der Waals surface area contributed by atoms with Gasteiger partial charge in [-0.1, -0.05) is 23.9 Å². The molecule has 104 valence electrons. The summed E-state index contributed by atoms with van der Waals surface area (Å²) in [5.41, 5.74) is 1.71. The van der Waals surface area contributed by atoms with Crippen LogP contribution in [-0.2, 0) is 0 Å². The smallest absolute Gasteiger partial charge is 0.208 e. The molecule has 0 fully saturated rings. The van der Waals surface area contributed by atoms with E-state index < -0.39 is 0 Å². The predicted molar refractivity (Wildman–Crippen MR) is 78.7 cm³/mol. The molecule has 0 spiro atoms. The summed E-state index contributed by atoms with van der Waals surface area (Å²) in [7, 11) is 0. The van der Waals surface area contributed by atoms with Crippen molar-refractivity contribution in [2.24, 2.45) is 0 Å². The van der Waals surface area contributed by atoms with Crippen molar-refractivity contribution in [3.63, 3.8) is 0 Å². The van der Waals surface area contributed by atoms with E-state index in [1.807, 2.05) is 28.8 Å². The minimum Gasteiger partial charge on any atom is -0.439 e. The second-order valence-electron chi connectivity index (χ2n) is 4.89. The third-order valence-electron chi connectivity index (χ3n) is 3.04. The van der Waals surface area contributed by atoms with E-state index in [4.69, 9.17) is 4.42 Å². The molecule has 20 heavy (non-hydrogen) atoms. The van der Waals surface area contributed by atoms with Crippen molar-refractivity contribution in [1.29, 1.82) is 0 Å². The molecule has 2 aromatic heterocycles. The number of hydrogen-bond donors (Lipinski definition) is 0. The molecule has 0 N–H and O–H groups in total. The van der Waals surface area contributed by atoms with E-state index in [0.717, 1.165) is 22.1 Å². The van der Waals surface area contributed by atoms with Gasteiger partial charge in [-0.25, -0.2) is 4.98 Å². The molecular formula is C14H16N4OS. The number of rotatable bonds is 4. The lowest BCUT2D eigenvalue weighted by Crippen LogP contribution is -2.02. The second kappa shape index (κ2) is 5.28. The highest BCUT2D eigenvalue weighted by atomic mass is 32.2. The number of nitrogens with zero attached hydrogens (tertiary/aromatic N) is 4. The molecule has 0 aliphatic carbocycles. The van der Waals surface area contributed by atoms with Crippen LogP contribution in [0.25, 0.3) is 11.1 Å². The van der Waals surface area contributed by atoms with Gasteiger partial charge in [0.2, 0.25) is 5.89 Å². The zero-order valence-electron chi connectivity index (χ0n) is 11.6. The zero-order chi connectivity index (χ0) is 14.1. The molecule has 5 nitrogen and oxygen atoms in total. The van der Waals surface area contributed by atoms with E-state index in [0.29, 0.717) is 6.04 Å². The standard InChI is InChI=1S/C14H16N4OS/c1-9(2)18-8-15-17-14(18)20-10(3)13-16-11-6-4-5-7-12(11)19-13/h4-10H,1-3H3. The molecule has 0 saturated heterocycles. The first-order valence-corrected chi connectivity index (χ1v) is 7.44. The third-order valence-corrected chi connectivity index (χ3v) is 4.10. The molecular weight excluding hydrogens is 272 g/mol. The first kappa shape index (κ1) is 13.2. The maximum Gasteiger partial charge on any atom is 0.208 e. The average molecular weight is 288 g/mol. The van der Waals surface area contributed by atoms with Crippen molar-refractivity contribution in [2.45, 2.75) is 37.2 Å². The predicted octanol–water partition coefficient (Wildman–Crippen LogP) is 3.85.